The van der Waals surface area contributed by atoms with Crippen molar-refractivity contribution in [2.24, 2.45) is 0 Å². The number of Topliss-reactive ketones (excluding diaryl/α,β-unsaturated/α-hetero) is 1. The summed E-state index contributed by atoms with van der Waals surface area (Å²) in [5, 5.41) is 0. The minimum Gasteiger partial charge on any atom is -0.494 e. The molecule has 2 heteroatoms. The van der Waals surface area contributed by atoms with Gasteiger partial charge in [-0.1, -0.05) is 32.3 Å². The Hall–Kier alpha value is -1.31. The molecule has 0 aromatic heterocycles. The molecule has 0 fully saturated rings. The smallest absolute Gasteiger partial charge is 0.163 e. The Bertz CT molecular complexity index is 396. The fourth-order valence-electron chi connectivity index (χ4n) is 2.22. The molecule has 0 spiro atoms. The molecule has 2 nitrogen and oxygen atoms in total. The summed E-state index contributed by atoms with van der Waals surface area (Å²) in [7, 11) is 0. The molecule has 2 rings (SSSR count). The molecule has 17 heavy (non-hydrogen) atoms. The molecule has 0 bridgehead atoms. The summed E-state index contributed by atoms with van der Waals surface area (Å²) in [6.45, 7) is 2.96. The average Bonchev–Trinajstić information content (AvgIpc) is 2.71. The van der Waals surface area contributed by atoms with Gasteiger partial charge < -0.3 is 4.74 Å². The minimum atomic E-state index is 0.261. The molecular weight excluding hydrogens is 212 g/mol. The van der Waals surface area contributed by atoms with Crippen molar-refractivity contribution >= 4 is 5.78 Å². The number of aryl methyl sites for hydroxylation is 1. The van der Waals surface area contributed by atoms with Crippen LogP contribution >= 0.6 is 0 Å². The summed E-state index contributed by atoms with van der Waals surface area (Å²) in [6, 6.07) is 5.92. The lowest BCUT2D eigenvalue weighted by Crippen LogP contribution is -1.99. The lowest BCUT2D eigenvalue weighted by atomic mass is 10.1. The molecule has 1 aliphatic rings. The lowest BCUT2D eigenvalue weighted by molar-refractivity contribution is 0.0994. The van der Waals surface area contributed by atoms with Crippen LogP contribution in [0, 0.1) is 0 Å². The van der Waals surface area contributed by atoms with E-state index in [1.54, 1.807) is 0 Å². The third-order valence-corrected chi connectivity index (χ3v) is 3.27. The van der Waals surface area contributed by atoms with Gasteiger partial charge >= 0.3 is 0 Å². The van der Waals surface area contributed by atoms with Crippen LogP contribution < -0.4 is 4.74 Å². The molecule has 92 valence electrons. The van der Waals surface area contributed by atoms with Crippen molar-refractivity contribution in [2.45, 2.75) is 45.4 Å². The van der Waals surface area contributed by atoms with Crippen LogP contribution in [-0.4, -0.2) is 12.4 Å². The maximum Gasteiger partial charge on any atom is 0.163 e. The van der Waals surface area contributed by atoms with E-state index in [0.717, 1.165) is 30.8 Å². The topological polar surface area (TPSA) is 26.3 Å². The van der Waals surface area contributed by atoms with E-state index in [9.17, 15) is 4.79 Å². The summed E-state index contributed by atoms with van der Waals surface area (Å²) in [5.41, 5.74) is 2.05. The van der Waals surface area contributed by atoms with Crippen LogP contribution in [0.5, 0.6) is 5.75 Å². The van der Waals surface area contributed by atoms with Crippen molar-refractivity contribution in [1.82, 2.24) is 0 Å². The number of hydrogen-bond acceptors (Lipinski definition) is 2. The molecule has 0 radical (unpaired) electrons. The van der Waals surface area contributed by atoms with Crippen molar-refractivity contribution in [2.75, 3.05) is 6.61 Å². The van der Waals surface area contributed by atoms with Crippen LogP contribution in [0.4, 0.5) is 0 Å². The molecule has 0 aliphatic heterocycles. The van der Waals surface area contributed by atoms with Gasteiger partial charge in [0.05, 0.1) is 6.61 Å². The molecule has 0 amide bonds. The van der Waals surface area contributed by atoms with E-state index in [1.165, 1.54) is 24.8 Å². The third-order valence-electron chi connectivity index (χ3n) is 3.27. The molecule has 1 aromatic rings. The van der Waals surface area contributed by atoms with Gasteiger partial charge in [0.2, 0.25) is 0 Å². The first-order valence-electron chi connectivity index (χ1n) is 6.60. The maximum atomic E-state index is 11.6. The summed E-state index contributed by atoms with van der Waals surface area (Å²) >= 11 is 0. The molecule has 1 aliphatic carbocycles. The van der Waals surface area contributed by atoms with E-state index >= 15 is 0 Å². The molecule has 0 saturated heterocycles. The van der Waals surface area contributed by atoms with Gasteiger partial charge in [-0.2, -0.15) is 0 Å². The van der Waals surface area contributed by atoms with Gasteiger partial charge in [0, 0.05) is 12.0 Å². The SMILES string of the molecule is CCCCCCOc1ccc2c(c1)C(=O)CC2. The Morgan fingerprint density at radius 2 is 2.06 bits per heavy atom. The van der Waals surface area contributed by atoms with Crippen LogP contribution in [0.3, 0.4) is 0 Å². The number of rotatable bonds is 6. The summed E-state index contributed by atoms with van der Waals surface area (Å²) in [4.78, 5) is 11.6. The van der Waals surface area contributed by atoms with Crippen LogP contribution in [0.1, 0.15) is 54.9 Å². The first-order chi connectivity index (χ1) is 8.31. The Kier molecular flexibility index (Phi) is 4.18. The summed E-state index contributed by atoms with van der Waals surface area (Å²) < 4.78 is 5.67. The van der Waals surface area contributed by atoms with Crippen molar-refractivity contribution in [3.63, 3.8) is 0 Å². The lowest BCUT2D eigenvalue weighted by Gasteiger charge is -2.07. The van der Waals surface area contributed by atoms with Crippen LogP contribution in [-0.2, 0) is 6.42 Å². The van der Waals surface area contributed by atoms with Crippen molar-refractivity contribution in [3.8, 4) is 5.75 Å². The van der Waals surface area contributed by atoms with E-state index in [2.05, 4.69) is 6.92 Å². The van der Waals surface area contributed by atoms with Crippen molar-refractivity contribution < 1.29 is 9.53 Å². The monoisotopic (exact) mass is 232 g/mol. The number of fused-ring (bicyclic) bond motifs is 1. The zero-order valence-electron chi connectivity index (χ0n) is 10.5. The summed E-state index contributed by atoms with van der Waals surface area (Å²) in [5.74, 6) is 1.10. The van der Waals surface area contributed by atoms with Crippen LogP contribution in [0.25, 0.3) is 0 Å². The molecule has 0 saturated carbocycles. The second kappa shape index (κ2) is 5.85. The predicted molar refractivity (Wildman–Crippen MR) is 68.7 cm³/mol. The fraction of sp³-hybridized carbons (Fsp3) is 0.533. The van der Waals surface area contributed by atoms with Gasteiger partial charge in [-0.15, -0.1) is 0 Å². The maximum absolute atomic E-state index is 11.6. The molecule has 0 atom stereocenters. The van der Waals surface area contributed by atoms with Gasteiger partial charge in [0.1, 0.15) is 5.75 Å². The molecule has 1 aromatic carbocycles. The highest BCUT2D eigenvalue weighted by Gasteiger charge is 2.19. The zero-order valence-corrected chi connectivity index (χ0v) is 10.5. The highest BCUT2D eigenvalue weighted by molar-refractivity contribution is 6.00. The normalized spacial score (nSPS) is 13.8. The molecular formula is C15H20O2. The van der Waals surface area contributed by atoms with Crippen LogP contribution in [0.2, 0.25) is 0 Å². The number of carbonyl (C=O) groups is 1. The van der Waals surface area contributed by atoms with E-state index in [4.69, 9.17) is 4.74 Å². The first kappa shape index (κ1) is 12.2. The second-order valence-corrected chi connectivity index (χ2v) is 4.65. The quantitative estimate of drug-likeness (QED) is 0.698. The standard InChI is InChI=1S/C15H20O2/c1-2-3-4-5-10-17-13-8-6-12-7-9-15(16)14(12)11-13/h6,8,11H,2-5,7,9-10H2,1H3. The number of ether oxygens (including phenoxy) is 1. The first-order valence-corrected chi connectivity index (χ1v) is 6.60. The molecule has 0 N–H and O–H groups in total. The van der Waals surface area contributed by atoms with Crippen molar-refractivity contribution in [1.29, 1.82) is 0 Å². The molecule has 0 unspecified atom stereocenters. The number of hydrogen-bond donors (Lipinski definition) is 0. The summed E-state index contributed by atoms with van der Waals surface area (Å²) in [6.07, 6.45) is 6.39. The Morgan fingerprint density at radius 3 is 2.88 bits per heavy atom. The predicted octanol–water partition coefficient (Wildman–Crippen LogP) is 3.77. The van der Waals surface area contributed by atoms with Crippen LogP contribution in [0.15, 0.2) is 18.2 Å². The molecule has 0 heterocycles. The van der Waals surface area contributed by atoms with E-state index in [1.807, 2.05) is 18.2 Å². The van der Waals surface area contributed by atoms with Gasteiger partial charge in [-0.3, -0.25) is 4.79 Å². The average molecular weight is 232 g/mol. The number of ketones is 1. The van der Waals surface area contributed by atoms with Gasteiger partial charge in [-0.25, -0.2) is 0 Å². The fourth-order valence-corrected chi connectivity index (χ4v) is 2.22. The minimum absolute atomic E-state index is 0.261. The highest BCUT2D eigenvalue weighted by atomic mass is 16.5. The van der Waals surface area contributed by atoms with Gasteiger partial charge in [-0.05, 0) is 30.5 Å². The zero-order chi connectivity index (χ0) is 12.1. The Labute approximate surface area is 103 Å². The second-order valence-electron chi connectivity index (χ2n) is 4.65. The Balaban J connectivity index is 1.86. The third kappa shape index (κ3) is 3.09. The highest BCUT2D eigenvalue weighted by Crippen LogP contribution is 2.26. The van der Waals surface area contributed by atoms with Crippen molar-refractivity contribution in [3.05, 3.63) is 29.3 Å². The largest absolute Gasteiger partial charge is 0.494 e. The van der Waals surface area contributed by atoms with Gasteiger partial charge in [0.15, 0.2) is 5.78 Å². The number of unbranched alkanes of at least 4 members (excludes halogenated alkanes) is 3. The van der Waals surface area contributed by atoms with E-state index < -0.39 is 0 Å². The van der Waals surface area contributed by atoms with E-state index in [-0.39, 0.29) is 5.78 Å². The Morgan fingerprint density at radius 1 is 1.18 bits per heavy atom. The number of benzene rings is 1. The van der Waals surface area contributed by atoms with E-state index in [0.29, 0.717) is 6.42 Å². The van der Waals surface area contributed by atoms with Gasteiger partial charge in [0.25, 0.3) is 0 Å². The number of carbonyl (C=O) groups excluding carboxylic acids is 1.